The van der Waals surface area contributed by atoms with Crippen LogP contribution in [0, 0.1) is 17.4 Å². The number of primary amides is 1. The Labute approximate surface area is 59.2 Å². The first-order valence-electron chi connectivity index (χ1n) is 3.18. The normalized spacial score (nSPS) is 24.3. The van der Waals surface area contributed by atoms with Gasteiger partial charge in [0.25, 0.3) is 0 Å². The van der Waals surface area contributed by atoms with Gasteiger partial charge in [-0.3, -0.25) is 4.79 Å². The molecule has 0 radical (unpaired) electrons. The zero-order valence-electron chi connectivity index (χ0n) is 5.58. The summed E-state index contributed by atoms with van der Waals surface area (Å²) >= 11 is 0. The molecule has 10 heavy (non-hydrogen) atoms. The molecule has 1 fully saturated rings. The number of carbonyl (C=O) groups is 1. The van der Waals surface area contributed by atoms with E-state index in [1.54, 1.807) is 4.90 Å². The molecule has 54 valence electrons. The number of amides is 1. The molecule has 0 saturated carbocycles. The lowest BCUT2D eigenvalue weighted by atomic mass is 10.1. The molecule has 1 unspecified atom stereocenters. The molecule has 0 aliphatic carbocycles. The van der Waals surface area contributed by atoms with Gasteiger partial charge in [-0.15, -0.1) is 0 Å². The van der Waals surface area contributed by atoms with Crippen LogP contribution in [0.25, 0.3) is 0 Å². The van der Waals surface area contributed by atoms with Gasteiger partial charge in [-0.2, -0.15) is 5.26 Å². The predicted molar refractivity (Wildman–Crippen MR) is 34.5 cm³/mol. The predicted octanol–water partition coefficient (Wildman–Crippen LogP) is -0.725. The molecule has 4 heteroatoms. The van der Waals surface area contributed by atoms with Gasteiger partial charge >= 0.3 is 0 Å². The summed E-state index contributed by atoms with van der Waals surface area (Å²) in [6.07, 6.45) is 2.70. The van der Waals surface area contributed by atoms with E-state index in [1.165, 1.54) is 0 Å². The van der Waals surface area contributed by atoms with Crippen molar-refractivity contribution >= 4 is 5.91 Å². The van der Waals surface area contributed by atoms with Crippen LogP contribution < -0.4 is 5.73 Å². The van der Waals surface area contributed by atoms with Crippen molar-refractivity contribution in [2.75, 3.05) is 13.1 Å². The zero-order chi connectivity index (χ0) is 7.56. The highest BCUT2D eigenvalue weighted by atomic mass is 16.1. The van der Waals surface area contributed by atoms with Crippen LogP contribution in [0.1, 0.15) is 6.42 Å². The number of hydrogen-bond donors (Lipinski definition) is 1. The molecule has 0 bridgehead atoms. The second kappa shape index (κ2) is 2.56. The fourth-order valence-corrected chi connectivity index (χ4v) is 1.08. The SMILES string of the molecule is N#CN1CCC(C(N)=O)C1. The molecule has 0 aromatic rings. The van der Waals surface area contributed by atoms with Crippen molar-refractivity contribution in [3.63, 3.8) is 0 Å². The molecule has 0 spiro atoms. The molecule has 1 saturated heterocycles. The van der Waals surface area contributed by atoms with Crippen molar-refractivity contribution in [1.82, 2.24) is 4.90 Å². The number of carbonyl (C=O) groups excluding carboxylic acids is 1. The topological polar surface area (TPSA) is 70.1 Å². The van der Waals surface area contributed by atoms with Gasteiger partial charge in [0.15, 0.2) is 6.19 Å². The molecular formula is C6H9N3O. The Morgan fingerprint density at radius 3 is 2.80 bits per heavy atom. The highest BCUT2D eigenvalue weighted by Gasteiger charge is 2.25. The first kappa shape index (κ1) is 6.87. The monoisotopic (exact) mass is 139 g/mol. The highest BCUT2D eigenvalue weighted by Crippen LogP contribution is 2.13. The van der Waals surface area contributed by atoms with E-state index in [2.05, 4.69) is 0 Å². The van der Waals surface area contributed by atoms with Crippen LogP contribution in [0.4, 0.5) is 0 Å². The largest absolute Gasteiger partial charge is 0.369 e. The maximum atomic E-state index is 10.5. The van der Waals surface area contributed by atoms with Crippen molar-refractivity contribution in [2.45, 2.75) is 6.42 Å². The molecule has 1 aliphatic rings. The zero-order valence-corrected chi connectivity index (χ0v) is 5.58. The van der Waals surface area contributed by atoms with Gasteiger partial charge in [-0.05, 0) is 6.42 Å². The van der Waals surface area contributed by atoms with Crippen molar-refractivity contribution in [3.05, 3.63) is 0 Å². The molecule has 1 atom stereocenters. The summed E-state index contributed by atoms with van der Waals surface area (Å²) < 4.78 is 0. The summed E-state index contributed by atoms with van der Waals surface area (Å²) in [7, 11) is 0. The van der Waals surface area contributed by atoms with Gasteiger partial charge in [-0.25, -0.2) is 0 Å². The summed E-state index contributed by atoms with van der Waals surface area (Å²) in [4.78, 5) is 12.1. The minimum atomic E-state index is -0.294. The fraction of sp³-hybridized carbons (Fsp3) is 0.667. The van der Waals surface area contributed by atoms with E-state index in [0.717, 1.165) is 6.42 Å². The van der Waals surface area contributed by atoms with E-state index in [9.17, 15) is 4.79 Å². The first-order valence-corrected chi connectivity index (χ1v) is 3.18. The lowest BCUT2D eigenvalue weighted by molar-refractivity contribution is -0.121. The third-order valence-corrected chi connectivity index (χ3v) is 1.73. The van der Waals surface area contributed by atoms with Crippen LogP contribution in [0.2, 0.25) is 0 Å². The summed E-state index contributed by atoms with van der Waals surface area (Å²) in [5.41, 5.74) is 5.04. The summed E-state index contributed by atoms with van der Waals surface area (Å²) in [6.45, 7) is 1.18. The second-order valence-corrected chi connectivity index (χ2v) is 2.43. The molecule has 2 N–H and O–H groups in total. The maximum Gasteiger partial charge on any atom is 0.222 e. The van der Waals surface area contributed by atoms with Crippen LogP contribution in [0.15, 0.2) is 0 Å². The van der Waals surface area contributed by atoms with Crippen LogP contribution in [-0.2, 0) is 4.79 Å². The second-order valence-electron chi connectivity index (χ2n) is 2.43. The smallest absolute Gasteiger partial charge is 0.222 e. The lowest BCUT2D eigenvalue weighted by Gasteiger charge is -2.04. The average molecular weight is 139 g/mol. The van der Waals surface area contributed by atoms with E-state index >= 15 is 0 Å². The van der Waals surface area contributed by atoms with E-state index in [4.69, 9.17) is 11.0 Å². The summed E-state index contributed by atoms with van der Waals surface area (Å²) in [5, 5.41) is 8.39. The standard InChI is InChI=1S/C6H9N3O/c7-4-9-2-1-5(3-9)6(8)10/h5H,1-3H2,(H2,8,10). The molecule has 0 aromatic carbocycles. The summed E-state index contributed by atoms with van der Waals surface area (Å²) in [5.74, 6) is -0.405. The third kappa shape index (κ3) is 1.18. The highest BCUT2D eigenvalue weighted by molar-refractivity contribution is 5.77. The lowest BCUT2D eigenvalue weighted by Crippen LogP contribution is -2.25. The number of nitrogens with two attached hydrogens (primary N) is 1. The number of nitrogens with zero attached hydrogens (tertiary/aromatic N) is 2. The molecule has 1 heterocycles. The van der Waals surface area contributed by atoms with Crippen LogP contribution in [-0.4, -0.2) is 23.9 Å². The van der Waals surface area contributed by atoms with E-state index in [-0.39, 0.29) is 11.8 Å². The quantitative estimate of drug-likeness (QED) is 0.487. The Morgan fingerprint density at radius 1 is 1.80 bits per heavy atom. The van der Waals surface area contributed by atoms with Crippen molar-refractivity contribution in [3.8, 4) is 6.19 Å². The minimum Gasteiger partial charge on any atom is -0.369 e. The Bertz CT molecular complexity index is 184. The third-order valence-electron chi connectivity index (χ3n) is 1.73. The average Bonchev–Trinajstić information content (AvgIpc) is 2.34. The molecule has 4 nitrogen and oxygen atoms in total. The molecule has 1 aliphatic heterocycles. The minimum absolute atomic E-state index is 0.111. The first-order chi connectivity index (χ1) is 4.74. The van der Waals surface area contributed by atoms with Gasteiger partial charge in [0.05, 0.1) is 5.92 Å². The Morgan fingerprint density at radius 2 is 2.50 bits per heavy atom. The van der Waals surface area contributed by atoms with Gasteiger partial charge in [0, 0.05) is 13.1 Å². The van der Waals surface area contributed by atoms with Crippen molar-refractivity contribution in [2.24, 2.45) is 11.7 Å². The number of rotatable bonds is 1. The number of hydrogen-bond acceptors (Lipinski definition) is 3. The Kier molecular flexibility index (Phi) is 1.76. The fourth-order valence-electron chi connectivity index (χ4n) is 1.08. The van der Waals surface area contributed by atoms with Crippen molar-refractivity contribution < 1.29 is 4.79 Å². The Balaban J connectivity index is 2.45. The van der Waals surface area contributed by atoms with E-state index < -0.39 is 0 Å². The van der Waals surface area contributed by atoms with Crippen molar-refractivity contribution in [1.29, 1.82) is 5.26 Å². The number of nitriles is 1. The van der Waals surface area contributed by atoms with Crippen LogP contribution in [0.3, 0.4) is 0 Å². The molecular weight excluding hydrogens is 130 g/mol. The molecule has 1 amide bonds. The van der Waals surface area contributed by atoms with Crippen LogP contribution >= 0.6 is 0 Å². The number of likely N-dealkylation sites (tertiary alicyclic amines) is 1. The van der Waals surface area contributed by atoms with E-state index in [0.29, 0.717) is 13.1 Å². The summed E-state index contributed by atoms with van der Waals surface area (Å²) in [6, 6.07) is 0. The molecule has 0 aromatic heterocycles. The molecule has 1 rings (SSSR count). The van der Waals surface area contributed by atoms with Gasteiger partial charge < -0.3 is 10.6 Å². The Hall–Kier alpha value is -1.24. The van der Waals surface area contributed by atoms with E-state index in [1.807, 2.05) is 6.19 Å². The maximum absolute atomic E-state index is 10.5. The van der Waals surface area contributed by atoms with Gasteiger partial charge in [0.2, 0.25) is 5.91 Å². The van der Waals surface area contributed by atoms with Gasteiger partial charge in [-0.1, -0.05) is 0 Å². The van der Waals surface area contributed by atoms with Gasteiger partial charge in [0.1, 0.15) is 0 Å². The van der Waals surface area contributed by atoms with Crippen LogP contribution in [0.5, 0.6) is 0 Å².